The summed E-state index contributed by atoms with van der Waals surface area (Å²) in [6.07, 6.45) is 0.509. The number of primary amides is 1. The van der Waals surface area contributed by atoms with Crippen LogP contribution in [0, 0.1) is 5.41 Å². The average molecular weight is 322 g/mol. The first kappa shape index (κ1) is 18.5. The Hall–Kier alpha value is -2.57. The molecule has 1 rings (SSSR count). The molecule has 0 aromatic heterocycles. The highest BCUT2D eigenvalue weighted by Crippen LogP contribution is 2.19. The molecule has 0 atom stereocenters. The van der Waals surface area contributed by atoms with Crippen molar-refractivity contribution in [3.63, 3.8) is 0 Å². The second-order valence-electron chi connectivity index (χ2n) is 5.78. The lowest BCUT2D eigenvalue weighted by atomic mass is 9.90. The van der Waals surface area contributed by atoms with Gasteiger partial charge in [-0.3, -0.25) is 14.4 Å². The molecule has 0 saturated carbocycles. The fourth-order valence-corrected chi connectivity index (χ4v) is 1.69. The van der Waals surface area contributed by atoms with Crippen molar-refractivity contribution < 1.29 is 24.2 Å². The number of hydrogen-bond acceptors (Lipinski definition) is 4. The summed E-state index contributed by atoms with van der Waals surface area (Å²) in [5, 5.41) is 11.6. The summed E-state index contributed by atoms with van der Waals surface area (Å²) in [6.45, 7) is 3.70. The van der Waals surface area contributed by atoms with Gasteiger partial charge in [0.1, 0.15) is 5.75 Å². The van der Waals surface area contributed by atoms with Crippen LogP contribution in [0.4, 0.5) is 0 Å². The maximum atomic E-state index is 11.6. The van der Waals surface area contributed by atoms with Crippen molar-refractivity contribution in [1.82, 2.24) is 5.32 Å². The maximum Gasteiger partial charge on any atom is 0.309 e. The molecular formula is C16H22N2O5. The summed E-state index contributed by atoms with van der Waals surface area (Å²) in [4.78, 5) is 33.5. The van der Waals surface area contributed by atoms with Gasteiger partial charge in [-0.15, -0.1) is 0 Å². The normalized spacial score (nSPS) is 10.9. The number of rotatable bonds is 9. The van der Waals surface area contributed by atoms with Crippen LogP contribution in [-0.4, -0.2) is 36.0 Å². The minimum absolute atomic E-state index is 0.158. The highest BCUT2D eigenvalue weighted by atomic mass is 16.5. The van der Waals surface area contributed by atoms with E-state index in [0.29, 0.717) is 24.3 Å². The van der Waals surface area contributed by atoms with Crippen LogP contribution in [0.3, 0.4) is 0 Å². The second-order valence-corrected chi connectivity index (χ2v) is 5.78. The van der Waals surface area contributed by atoms with Crippen LogP contribution in [0.1, 0.15) is 37.0 Å². The van der Waals surface area contributed by atoms with E-state index in [-0.39, 0.29) is 18.9 Å². The van der Waals surface area contributed by atoms with Crippen molar-refractivity contribution in [3.8, 4) is 5.75 Å². The van der Waals surface area contributed by atoms with Crippen LogP contribution in [-0.2, 0) is 9.59 Å². The summed E-state index contributed by atoms with van der Waals surface area (Å²) >= 11 is 0. The molecule has 23 heavy (non-hydrogen) atoms. The third-order valence-corrected chi connectivity index (χ3v) is 3.39. The fraction of sp³-hybridized carbons (Fsp3) is 0.438. The molecule has 126 valence electrons. The SMILES string of the molecule is CC(C)(CCNC(=O)CCOc1ccc(C(N)=O)cc1)C(=O)O. The Morgan fingerprint density at radius 3 is 2.35 bits per heavy atom. The quantitative estimate of drug-likeness (QED) is 0.630. The van der Waals surface area contributed by atoms with Gasteiger partial charge in [0.15, 0.2) is 0 Å². The molecule has 0 saturated heterocycles. The Kier molecular flexibility index (Phi) is 6.56. The second kappa shape index (κ2) is 8.17. The van der Waals surface area contributed by atoms with Gasteiger partial charge in [-0.1, -0.05) is 0 Å². The highest BCUT2D eigenvalue weighted by molar-refractivity contribution is 5.92. The number of nitrogens with one attached hydrogen (secondary N) is 1. The van der Waals surface area contributed by atoms with E-state index in [1.165, 1.54) is 0 Å². The number of carbonyl (C=O) groups excluding carboxylic acids is 2. The molecule has 0 unspecified atom stereocenters. The number of benzene rings is 1. The number of carboxylic acids is 1. The highest BCUT2D eigenvalue weighted by Gasteiger charge is 2.26. The fourth-order valence-electron chi connectivity index (χ4n) is 1.69. The van der Waals surface area contributed by atoms with Crippen molar-refractivity contribution in [3.05, 3.63) is 29.8 Å². The first-order valence-corrected chi connectivity index (χ1v) is 7.25. The lowest BCUT2D eigenvalue weighted by Gasteiger charge is -2.18. The zero-order chi connectivity index (χ0) is 17.5. The molecule has 2 amide bonds. The molecule has 0 bridgehead atoms. The monoisotopic (exact) mass is 322 g/mol. The zero-order valence-electron chi connectivity index (χ0n) is 13.3. The molecule has 0 spiro atoms. The van der Waals surface area contributed by atoms with E-state index in [2.05, 4.69) is 5.32 Å². The molecule has 0 aliphatic heterocycles. The zero-order valence-corrected chi connectivity index (χ0v) is 13.3. The molecule has 0 heterocycles. The van der Waals surface area contributed by atoms with E-state index in [1.807, 2.05) is 0 Å². The van der Waals surface area contributed by atoms with Gasteiger partial charge < -0.3 is 20.9 Å². The molecule has 0 radical (unpaired) electrons. The maximum absolute atomic E-state index is 11.6. The van der Waals surface area contributed by atoms with E-state index >= 15 is 0 Å². The number of hydrogen-bond donors (Lipinski definition) is 3. The van der Waals surface area contributed by atoms with Gasteiger partial charge in [0.05, 0.1) is 18.4 Å². The van der Waals surface area contributed by atoms with Crippen molar-refractivity contribution in [2.24, 2.45) is 11.1 Å². The molecule has 7 nitrogen and oxygen atoms in total. The molecule has 1 aromatic carbocycles. The van der Waals surface area contributed by atoms with Gasteiger partial charge in [-0.25, -0.2) is 0 Å². The number of aliphatic carboxylic acids is 1. The van der Waals surface area contributed by atoms with E-state index in [4.69, 9.17) is 15.6 Å². The summed E-state index contributed by atoms with van der Waals surface area (Å²) in [5.74, 6) is -1.08. The third-order valence-electron chi connectivity index (χ3n) is 3.39. The van der Waals surface area contributed by atoms with E-state index < -0.39 is 17.3 Å². The van der Waals surface area contributed by atoms with Gasteiger partial charge in [-0.2, -0.15) is 0 Å². The summed E-state index contributed by atoms with van der Waals surface area (Å²) < 4.78 is 5.39. The van der Waals surface area contributed by atoms with Crippen LogP contribution < -0.4 is 15.8 Å². The van der Waals surface area contributed by atoms with E-state index in [9.17, 15) is 14.4 Å². The number of ether oxygens (including phenoxy) is 1. The van der Waals surface area contributed by atoms with Crippen LogP contribution >= 0.6 is 0 Å². The molecule has 7 heteroatoms. The van der Waals surface area contributed by atoms with Gasteiger partial charge in [0, 0.05) is 12.1 Å². The van der Waals surface area contributed by atoms with Gasteiger partial charge in [0.2, 0.25) is 11.8 Å². The standard InChI is InChI=1S/C16H22N2O5/c1-16(2,15(21)22)8-9-18-13(19)7-10-23-12-5-3-11(4-6-12)14(17)20/h3-6H,7-10H2,1-2H3,(H2,17,20)(H,18,19)(H,21,22). The summed E-state index contributed by atoms with van der Waals surface area (Å²) in [7, 11) is 0. The lowest BCUT2D eigenvalue weighted by Crippen LogP contribution is -2.32. The topological polar surface area (TPSA) is 119 Å². The predicted molar refractivity (Wildman–Crippen MR) is 84.1 cm³/mol. The molecule has 0 fully saturated rings. The molecule has 4 N–H and O–H groups in total. The predicted octanol–water partition coefficient (Wildman–Crippen LogP) is 1.17. The first-order valence-electron chi connectivity index (χ1n) is 7.25. The Bertz CT molecular complexity index is 566. The summed E-state index contributed by atoms with van der Waals surface area (Å²) in [5.41, 5.74) is 4.65. The van der Waals surface area contributed by atoms with Gasteiger partial charge >= 0.3 is 5.97 Å². The molecule has 1 aromatic rings. The Balaban J connectivity index is 2.26. The van der Waals surface area contributed by atoms with E-state index in [0.717, 1.165) is 0 Å². The summed E-state index contributed by atoms with van der Waals surface area (Å²) in [6, 6.07) is 6.30. The van der Waals surface area contributed by atoms with Crippen molar-refractivity contribution >= 4 is 17.8 Å². The molecule has 0 aliphatic rings. The van der Waals surface area contributed by atoms with E-state index in [1.54, 1.807) is 38.1 Å². The largest absolute Gasteiger partial charge is 0.493 e. The van der Waals surface area contributed by atoms with Crippen LogP contribution in [0.5, 0.6) is 5.75 Å². The minimum atomic E-state index is -0.894. The molecular weight excluding hydrogens is 300 g/mol. The Morgan fingerprint density at radius 2 is 1.83 bits per heavy atom. The van der Waals surface area contributed by atoms with Crippen molar-refractivity contribution in [1.29, 1.82) is 0 Å². The van der Waals surface area contributed by atoms with Crippen LogP contribution in [0.25, 0.3) is 0 Å². The number of amides is 2. The van der Waals surface area contributed by atoms with Crippen LogP contribution in [0.2, 0.25) is 0 Å². The first-order chi connectivity index (χ1) is 10.7. The van der Waals surface area contributed by atoms with Crippen LogP contribution in [0.15, 0.2) is 24.3 Å². The minimum Gasteiger partial charge on any atom is -0.493 e. The number of carbonyl (C=O) groups is 3. The van der Waals surface area contributed by atoms with Crippen molar-refractivity contribution in [2.45, 2.75) is 26.7 Å². The van der Waals surface area contributed by atoms with Gasteiger partial charge in [-0.05, 0) is 44.5 Å². The van der Waals surface area contributed by atoms with Gasteiger partial charge in [0.25, 0.3) is 0 Å². The smallest absolute Gasteiger partial charge is 0.309 e. The third kappa shape index (κ3) is 6.37. The molecule has 0 aliphatic carbocycles. The number of carboxylic acid groups (broad SMARTS) is 1. The average Bonchev–Trinajstić information content (AvgIpc) is 2.47. The lowest BCUT2D eigenvalue weighted by molar-refractivity contribution is -0.147. The van der Waals surface area contributed by atoms with Crippen molar-refractivity contribution in [2.75, 3.05) is 13.2 Å². The number of nitrogens with two attached hydrogens (primary N) is 1. The Morgan fingerprint density at radius 1 is 1.22 bits per heavy atom. The Labute approximate surface area is 134 Å².